The molecule has 0 saturated heterocycles. The molecule has 0 aliphatic carbocycles. The van der Waals surface area contributed by atoms with Crippen LogP contribution in [0.5, 0.6) is 11.5 Å². The fraction of sp³-hybridized carbons (Fsp3) is 0.188. The molecule has 0 atom stereocenters. The average Bonchev–Trinajstić information content (AvgIpc) is 3.29. The Morgan fingerprint density at radius 3 is 2.69 bits per heavy atom. The third-order valence-electron chi connectivity index (χ3n) is 3.17. The Kier molecular flexibility index (Phi) is 5.42. The topological polar surface area (TPSA) is 86.5 Å². The highest BCUT2D eigenvalue weighted by Crippen LogP contribution is 2.27. The fourth-order valence-corrected chi connectivity index (χ4v) is 2.59. The quantitative estimate of drug-likeness (QED) is 0.668. The molecule has 136 valence electrons. The van der Waals surface area contributed by atoms with Gasteiger partial charge in [0.1, 0.15) is 12.4 Å². The first-order chi connectivity index (χ1) is 12.6. The van der Waals surface area contributed by atoms with E-state index in [9.17, 15) is 13.6 Å². The van der Waals surface area contributed by atoms with Crippen molar-refractivity contribution in [2.45, 2.75) is 13.0 Å². The van der Waals surface area contributed by atoms with Crippen LogP contribution in [0.4, 0.5) is 13.9 Å². The number of hydrogen-bond acceptors (Lipinski definition) is 7. The van der Waals surface area contributed by atoms with E-state index in [0.717, 1.165) is 0 Å². The number of furan rings is 1. The van der Waals surface area contributed by atoms with E-state index < -0.39 is 17.3 Å². The van der Waals surface area contributed by atoms with Crippen LogP contribution in [-0.2, 0) is 6.61 Å². The number of para-hydroxylation sites is 2. The van der Waals surface area contributed by atoms with Crippen LogP contribution in [0, 0.1) is 0 Å². The first kappa shape index (κ1) is 17.8. The molecule has 0 fully saturated rings. The number of halogens is 2. The lowest BCUT2D eigenvalue weighted by Gasteiger charge is -2.08. The highest BCUT2D eigenvalue weighted by molar-refractivity contribution is 7.15. The van der Waals surface area contributed by atoms with Crippen molar-refractivity contribution in [3.05, 3.63) is 52.9 Å². The molecular formula is C16H13F2N3O4S. The fourth-order valence-electron chi connectivity index (χ4n) is 2.00. The standard InChI is InChI=1S/C16H13F2N3O4S/c1-23-10-4-2-3-5-11(10)24-8-9-6-7-12(25-9)14(22)19-16-21-20-15(26-16)13(17)18/h2-7,13H,8H2,1H3,(H,19,21,22). The van der Waals surface area contributed by atoms with Gasteiger partial charge in [-0.05, 0) is 24.3 Å². The Labute approximate surface area is 150 Å². The lowest BCUT2D eigenvalue weighted by atomic mass is 10.3. The summed E-state index contributed by atoms with van der Waals surface area (Å²) in [7, 11) is 1.53. The molecule has 7 nitrogen and oxygen atoms in total. The summed E-state index contributed by atoms with van der Waals surface area (Å²) in [5.74, 6) is 0.892. The zero-order valence-electron chi connectivity index (χ0n) is 13.4. The number of methoxy groups -OCH3 is 1. The van der Waals surface area contributed by atoms with Gasteiger partial charge < -0.3 is 13.9 Å². The predicted octanol–water partition coefficient (Wildman–Crippen LogP) is 3.91. The summed E-state index contributed by atoms with van der Waals surface area (Å²) in [5, 5.41) is 8.63. The molecule has 0 aliphatic heterocycles. The number of alkyl halides is 2. The first-order valence-corrected chi connectivity index (χ1v) is 8.16. The maximum atomic E-state index is 12.5. The van der Waals surface area contributed by atoms with Crippen LogP contribution >= 0.6 is 11.3 Å². The van der Waals surface area contributed by atoms with E-state index in [-0.39, 0.29) is 17.5 Å². The van der Waals surface area contributed by atoms with Gasteiger partial charge >= 0.3 is 0 Å². The van der Waals surface area contributed by atoms with Crippen LogP contribution in [0.3, 0.4) is 0 Å². The molecule has 0 radical (unpaired) electrons. The van der Waals surface area contributed by atoms with Crippen LogP contribution in [0.15, 0.2) is 40.8 Å². The smallest absolute Gasteiger partial charge is 0.293 e. The van der Waals surface area contributed by atoms with Crippen molar-refractivity contribution < 1.29 is 27.5 Å². The lowest BCUT2D eigenvalue weighted by Crippen LogP contribution is -2.10. The molecule has 0 unspecified atom stereocenters. The Bertz CT molecular complexity index is 897. The molecule has 26 heavy (non-hydrogen) atoms. The van der Waals surface area contributed by atoms with Gasteiger partial charge in [-0.15, -0.1) is 10.2 Å². The summed E-state index contributed by atoms with van der Waals surface area (Å²) < 4.78 is 41.1. The van der Waals surface area contributed by atoms with Crippen molar-refractivity contribution in [3.63, 3.8) is 0 Å². The van der Waals surface area contributed by atoms with Gasteiger partial charge in [0.2, 0.25) is 5.13 Å². The summed E-state index contributed by atoms with van der Waals surface area (Å²) >= 11 is 0.598. The molecule has 2 heterocycles. The maximum absolute atomic E-state index is 12.5. The second-order valence-corrected chi connectivity index (χ2v) is 5.91. The van der Waals surface area contributed by atoms with Crippen LogP contribution < -0.4 is 14.8 Å². The molecule has 1 N–H and O–H groups in total. The van der Waals surface area contributed by atoms with E-state index in [4.69, 9.17) is 13.9 Å². The molecule has 0 spiro atoms. The van der Waals surface area contributed by atoms with Gasteiger partial charge in [0.25, 0.3) is 12.3 Å². The third kappa shape index (κ3) is 4.14. The highest BCUT2D eigenvalue weighted by Gasteiger charge is 2.18. The lowest BCUT2D eigenvalue weighted by molar-refractivity contribution is 0.0992. The monoisotopic (exact) mass is 381 g/mol. The van der Waals surface area contributed by atoms with E-state index in [0.29, 0.717) is 28.6 Å². The number of amides is 1. The second-order valence-electron chi connectivity index (χ2n) is 4.91. The molecule has 1 amide bonds. The number of rotatable bonds is 7. The van der Waals surface area contributed by atoms with Crippen molar-refractivity contribution >= 4 is 22.4 Å². The van der Waals surface area contributed by atoms with Gasteiger partial charge in [0.15, 0.2) is 22.3 Å². The molecule has 1 aromatic carbocycles. The molecule has 3 rings (SSSR count). The number of carbonyl (C=O) groups is 1. The number of benzene rings is 1. The van der Waals surface area contributed by atoms with Gasteiger partial charge in [0, 0.05) is 0 Å². The van der Waals surface area contributed by atoms with E-state index >= 15 is 0 Å². The van der Waals surface area contributed by atoms with Gasteiger partial charge in [-0.25, -0.2) is 8.78 Å². The van der Waals surface area contributed by atoms with Crippen LogP contribution in [0.2, 0.25) is 0 Å². The molecule has 3 aromatic rings. The Hall–Kier alpha value is -3.01. The Morgan fingerprint density at radius 1 is 1.23 bits per heavy atom. The predicted molar refractivity (Wildman–Crippen MR) is 88.9 cm³/mol. The number of ether oxygens (including phenoxy) is 2. The van der Waals surface area contributed by atoms with E-state index in [2.05, 4.69) is 15.5 Å². The molecule has 0 aliphatic rings. The SMILES string of the molecule is COc1ccccc1OCc1ccc(C(=O)Nc2nnc(C(F)F)s2)o1. The zero-order valence-corrected chi connectivity index (χ0v) is 14.3. The zero-order chi connectivity index (χ0) is 18.5. The summed E-state index contributed by atoms with van der Waals surface area (Å²) in [6, 6.07) is 10.1. The largest absolute Gasteiger partial charge is 0.493 e. The van der Waals surface area contributed by atoms with Crippen molar-refractivity contribution in [3.8, 4) is 11.5 Å². The number of hydrogen-bond donors (Lipinski definition) is 1. The van der Waals surface area contributed by atoms with Crippen LogP contribution in [0.25, 0.3) is 0 Å². The first-order valence-electron chi connectivity index (χ1n) is 7.34. The minimum Gasteiger partial charge on any atom is -0.493 e. The minimum absolute atomic E-state index is 0.00239. The van der Waals surface area contributed by atoms with E-state index in [1.807, 2.05) is 6.07 Å². The second kappa shape index (κ2) is 7.91. The summed E-state index contributed by atoms with van der Waals surface area (Å²) in [4.78, 5) is 12.1. The number of anilines is 1. The normalized spacial score (nSPS) is 10.8. The van der Waals surface area contributed by atoms with Crippen LogP contribution in [-0.4, -0.2) is 23.2 Å². The summed E-state index contributed by atoms with van der Waals surface area (Å²) in [5.41, 5.74) is 0. The molecule has 2 aromatic heterocycles. The van der Waals surface area contributed by atoms with Gasteiger partial charge in [0.05, 0.1) is 7.11 Å². The Balaban J connectivity index is 1.60. The van der Waals surface area contributed by atoms with E-state index in [1.165, 1.54) is 13.2 Å². The highest BCUT2D eigenvalue weighted by atomic mass is 32.1. The number of aromatic nitrogens is 2. The van der Waals surface area contributed by atoms with Crippen molar-refractivity contribution in [1.29, 1.82) is 0 Å². The minimum atomic E-state index is -2.74. The van der Waals surface area contributed by atoms with Crippen LogP contribution in [0.1, 0.15) is 27.7 Å². The van der Waals surface area contributed by atoms with Crippen molar-refractivity contribution in [1.82, 2.24) is 10.2 Å². The van der Waals surface area contributed by atoms with Gasteiger partial charge in [-0.1, -0.05) is 23.5 Å². The Morgan fingerprint density at radius 2 is 2.00 bits per heavy atom. The summed E-state index contributed by atoms with van der Waals surface area (Å²) in [6.07, 6.45) is -2.74. The summed E-state index contributed by atoms with van der Waals surface area (Å²) in [6.45, 7) is 0.0853. The number of nitrogens with one attached hydrogen (secondary N) is 1. The molecular weight excluding hydrogens is 368 g/mol. The third-order valence-corrected chi connectivity index (χ3v) is 4.02. The molecule has 0 saturated carbocycles. The molecule has 10 heteroatoms. The number of nitrogens with zero attached hydrogens (tertiary/aromatic N) is 2. The number of carbonyl (C=O) groups excluding carboxylic acids is 1. The molecule has 0 bridgehead atoms. The average molecular weight is 381 g/mol. The van der Waals surface area contributed by atoms with E-state index in [1.54, 1.807) is 24.3 Å². The van der Waals surface area contributed by atoms with Gasteiger partial charge in [-0.3, -0.25) is 10.1 Å². The van der Waals surface area contributed by atoms with Gasteiger partial charge in [-0.2, -0.15) is 0 Å². The maximum Gasteiger partial charge on any atom is 0.293 e. The van der Waals surface area contributed by atoms with Crippen molar-refractivity contribution in [2.75, 3.05) is 12.4 Å². The van der Waals surface area contributed by atoms with Crippen molar-refractivity contribution in [2.24, 2.45) is 0 Å².